The van der Waals surface area contributed by atoms with Crippen LogP contribution in [0.1, 0.15) is 25.3 Å². The molecule has 27 heavy (non-hydrogen) atoms. The molecule has 1 fully saturated rings. The van der Waals surface area contributed by atoms with Crippen molar-refractivity contribution in [2.75, 3.05) is 18.4 Å². The SMILES string of the molecule is CC1(c2ccc(N/C=C3/C=C(F)C=C(C(N)=O)C3=N)cc2F)CCCNC1. The molecule has 1 unspecified atom stereocenters. The van der Waals surface area contributed by atoms with Crippen LogP contribution in [-0.2, 0) is 10.2 Å². The second-order valence-electron chi connectivity index (χ2n) is 7.11. The summed E-state index contributed by atoms with van der Waals surface area (Å²) < 4.78 is 28.3. The van der Waals surface area contributed by atoms with Gasteiger partial charge < -0.3 is 16.4 Å². The van der Waals surface area contributed by atoms with Crippen molar-refractivity contribution in [1.82, 2.24) is 5.32 Å². The van der Waals surface area contributed by atoms with Gasteiger partial charge in [-0.2, -0.15) is 0 Å². The molecule has 0 radical (unpaired) electrons. The van der Waals surface area contributed by atoms with E-state index < -0.39 is 11.7 Å². The van der Waals surface area contributed by atoms with Crippen LogP contribution < -0.4 is 16.4 Å². The molecule has 1 saturated heterocycles. The fourth-order valence-corrected chi connectivity index (χ4v) is 3.48. The van der Waals surface area contributed by atoms with E-state index in [1.807, 2.05) is 6.92 Å². The van der Waals surface area contributed by atoms with Crippen molar-refractivity contribution in [2.45, 2.75) is 25.2 Å². The van der Waals surface area contributed by atoms with Crippen LogP contribution in [0.15, 0.2) is 53.5 Å². The molecular weight excluding hydrogens is 350 g/mol. The smallest absolute Gasteiger partial charge is 0.250 e. The highest BCUT2D eigenvalue weighted by atomic mass is 19.1. The quantitative estimate of drug-likeness (QED) is 0.655. The van der Waals surface area contributed by atoms with Crippen LogP contribution in [0, 0.1) is 11.2 Å². The highest BCUT2D eigenvalue weighted by Crippen LogP contribution is 2.33. The number of allylic oxidation sites excluding steroid dienone is 4. The Labute approximate surface area is 156 Å². The minimum Gasteiger partial charge on any atom is -0.366 e. The standard InChI is InChI=1S/C20H22F2N4O/c1-20(5-2-6-25-11-20)16-4-3-14(9-17(16)22)26-10-12-7-13(21)8-15(18(12)23)19(24)27/h3-4,7-10,23,25-26H,2,5-6,11H2,1H3,(H2,24,27)/b12-10-,23-18?. The Bertz CT molecular complexity index is 880. The summed E-state index contributed by atoms with van der Waals surface area (Å²) in [6, 6.07) is 4.87. The maximum absolute atomic E-state index is 14.7. The van der Waals surface area contributed by atoms with Gasteiger partial charge in [0.05, 0.1) is 11.3 Å². The number of carbonyl (C=O) groups excluding carboxylic acids is 1. The van der Waals surface area contributed by atoms with Gasteiger partial charge in [0.25, 0.3) is 5.91 Å². The summed E-state index contributed by atoms with van der Waals surface area (Å²) in [7, 11) is 0. The Balaban J connectivity index is 1.80. The molecule has 142 valence electrons. The number of amides is 1. The average Bonchev–Trinajstić information content (AvgIpc) is 2.62. The van der Waals surface area contributed by atoms with Crippen molar-refractivity contribution >= 4 is 17.3 Å². The Morgan fingerprint density at radius 2 is 2.15 bits per heavy atom. The minimum absolute atomic E-state index is 0.150. The molecule has 1 heterocycles. The van der Waals surface area contributed by atoms with Crippen molar-refractivity contribution in [3.8, 4) is 0 Å². The molecular formula is C20H22F2N4O. The van der Waals surface area contributed by atoms with Gasteiger partial charge in [0, 0.05) is 29.4 Å². The van der Waals surface area contributed by atoms with Crippen molar-refractivity contribution in [3.63, 3.8) is 0 Å². The Morgan fingerprint density at radius 3 is 2.78 bits per heavy atom. The molecule has 1 aliphatic heterocycles. The largest absolute Gasteiger partial charge is 0.366 e. The van der Waals surface area contributed by atoms with E-state index >= 15 is 0 Å². The molecule has 1 aromatic carbocycles. The van der Waals surface area contributed by atoms with Gasteiger partial charge in [-0.15, -0.1) is 0 Å². The van der Waals surface area contributed by atoms with Crippen LogP contribution in [-0.4, -0.2) is 24.7 Å². The van der Waals surface area contributed by atoms with Gasteiger partial charge >= 0.3 is 0 Å². The van der Waals surface area contributed by atoms with Gasteiger partial charge in [-0.1, -0.05) is 13.0 Å². The lowest BCUT2D eigenvalue weighted by Gasteiger charge is -2.35. The molecule has 5 nitrogen and oxygen atoms in total. The lowest BCUT2D eigenvalue weighted by Crippen LogP contribution is -2.41. The maximum atomic E-state index is 14.7. The number of rotatable bonds is 4. The molecule has 3 rings (SSSR count). The summed E-state index contributed by atoms with van der Waals surface area (Å²) in [5, 5.41) is 14.1. The first-order chi connectivity index (χ1) is 12.8. The van der Waals surface area contributed by atoms with E-state index in [2.05, 4.69) is 10.6 Å². The van der Waals surface area contributed by atoms with Crippen LogP contribution in [0.5, 0.6) is 0 Å². The highest BCUT2D eigenvalue weighted by molar-refractivity contribution is 6.28. The number of hydrogen-bond donors (Lipinski definition) is 4. The van der Waals surface area contributed by atoms with Crippen molar-refractivity contribution < 1.29 is 13.6 Å². The summed E-state index contributed by atoms with van der Waals surface area (Å²) in [5.74, 6) is -1.87. The first-order valence-corrected chi connectivity index (χ1v) is 8.76. The molecule has 2 aliphatic rings. The predicted molar refractivity (Wildman–Crippen MR) is 102 cm³/mol. The third-order valence-corrected chi connectivity index (χ3v) is 5.01. The van der Waals surface area contributed by atoms with Crippen LogP contribution in [0.4, 0.5) is 14.5 Å². The molecule has 1 amide bonds. The Morgan fingerprint density at radius 1 is 1.37 bits per heavy atom. The van der Waals surface area contributed by atoms with E-state index in [4.69, 9.17) is 11.1 Å². The number of benzene rings is 1. The summed E-state index contributed by atoms with van der Waals surface area (Å²) in [6.07, 6.45) is 5.31. The molecule has 1 atom stereocenters. The molecule has 5 N–H and O–H groups in total. The number of carbonyl (C=O) groups is 1. The molecule has 0 saturated carbocycles. The van der Waals surface area contributed by atoms with Gasteiger partial charge in [-0.25, -0.2) is 8.78 Å². The van der Waals surface area contributed by atoms with E-state index in [9.17, 15) is 13.6 Å². The van der Waals surface area contributed by atoms with E-state index in [1.165, 1.54) is 12.3 Å². The molecule has 0 aromatic heterocycles. The highest BCUT2D eigenvalue weighted by Gasteiger charge is 2.31. The van der Waals surface area contributed by atoms with E-state index in [1.54, 1.807) is 12.1 Å². The summed E-state index contributed by atoms with van der Waals surface area (Å²) in [4.78, 5) is 11.3. The predicted octanol–water partition coefficient (Wildman–Crippen LogP) is 3.06. The van der Waals surface area contributed by atoms with Crippen molar-refractivity contribution in [1.29, 1.82) is 5.41 Å². The zero-order chi connectivity index (χ0) is 19.6. The van der Waals surface area contributed by atoms with Gasteiger partial charge in [0.15, 0.2) is 0 Å². The average molecular weight is 372 g/mol. The molecule has 1 aromatic rings. The number of nitrogens with two attached hydrogens (primary N) is 1. The summed E-state index contributed by atoms with van der Waals surface area (Å²) in [6.45, 7) is 3.72. The molecule has 0 bridgehead atoms. The van der Waals surface area contributed by atoms with Gasteiger partial charge in [0.2, 0.25) is 0 Å². The number of halogens is 2. The maximum Gasteiger partial charge on any atom is 0.250 e. The second-order valence-corrected chi connectivity index (χ2v) is 7.11. The third-order valence-electron chi connectivity index (χ3n) is 5.01. The third kappa shape index (κ3) is 3.98. The number of piperidine rings is 1. The molecule has 7 heteroatoms. The normalized spacial score (nSPS) is 24.4. The van der Waals surface area contributed by atoms with Gasteiger partial charge in [0.1, 0.15) is 11.6 Å². The van der Waals surface area contributed by atoms with Crippen molar-refractivity contribution in [2.24, 2.45) is 5.73 Å². The lowest BCUT2D eigenvalue weighted by molar-refractivity contribution is -0.114. The monoisotopic (exact) mass is 372 g/mol. The van der Waals surface area contributed by atoms with Crippen molar-refractivity contribution in [3.05, 3.63) is 64.9 Å². The lowest BCUT2D eigenvalue weighted by atomic mass is 9.76. The Kier molecular flexibility index (Phi) is 5.23. The zero-order valence-corrected chi connectivity index (χ0v) is 15.0. The van der Waals surface area contributed by atoms with Gasteiger partial charge in [-0.05, 0) is 49.2 Å². The number of nitrogens with one attached hydrogen (secondary N) is 3. The summed E-state index contributed by atoms with van der Waals surface area (Å²) in [5.41, 5.74) is 5.79. The Hall–Kier alpha value is -2.80. The van der Waals surface area contributed by atoms with E-state index in [-0.39, 0.29) is 28.1 Å². The second kappa shape index (κ2) is 7.44. The van der Waals surface area contributed by atoms with Gasteiger partial charge in [-0.3, -0.25) is 10.2 Å². The fourth-order valence-electron chi connectivity index (χ4n) is 3.48. The van der Waals surface area contributed by atoms with E-state index in [0.717, 1.165) is 38.1 Å². The van der Waals surface area contributed by atoms with Crippen LogP contribution >= 0.6 is 0 Å². The molecule has 0 spiro atoms. The first kappa shape index (κ1) is 19.0. The number of hydrogen-bond acceptors (Lipinski definition) is 4. The van der Waals surface area contributed by atoms with Crippen LogP contribution in [0.3, 0.4) is 0 Å². The van der Waals surface area contributed by atoms with E-state index in [0.29, 0.717) is 11.3 Å². The first-order valence-electron chi connectivity index (χ1n) is 8.76. The topological polar surface area (TPSA) is 91.0 Å². The number of anilines is 1. The molecule has 1 aliphatic carbocycles. The minimum atomic E-state index is -0.876. The van der Waals surface area contributed by atoms with Crippen LogP contribution in [0.2, 0.25) is 0 Å². The zero-order valence-electron chi connectivity index (χ0n) is 15.0. The fraction of sp³-hybridized carbons (Fsp3) is 0.300. The van der Waals surface area contributed by atoms with Crippen LogP contribution in [0.25, 0.3) is 0 Å². The number of primary amides is 1. The summed E-state index contributed by atoms with van der Waals surface area (Å²) >= 11 is 0.